The number of para-hydroxylation sites is 1. The van der Waals surface area contributed by atoms with E-state index >= 15 is 0 Å². The minimum atomic E-state index is 0.153. The van der Waals surface area contributed by atoms with Crippen molar-refractivity contribution < 1.29 is 0 Å². The smallest absolute Gasteiger partial charge is 0.170 e. The van der Waals surface area contributed by atoms with Crippen LogP contribution in [-0.2, 0) is 6.54 Å². The molecule has 8 nitrogen and oxygen atoms in total. The number of nitrogens with one attached hydrogen (secondary N) is 1. The van der Waals surface area contributed by atoms with Gasteiger partial charge in [0.1, 0.15) is 0 Å². The zero-order valence-electron chi connectivity index (χ0n) is 14.3. The first-order chi connectivity index (χ1) is 12.8. The van der Waals surface area contributed by atoms with Crippen LogP contribution in [0.5, 0.6) is 0 Å². The maximum Gasteiger partial charge on any atom is 0.170 e. The van der Waals surface area contributed by atoms with Crippen molar-refractivity contribution in [1.29, 1.82) is 0 Å². The summed E-state index contributed by atoms with van der Waals surface area (Å²) in [7, 11) is 0. The molecule has 0 fully saturated rings. The monoisotopic (exact) mass is 346 g/mol. The number of hydrogen-bond acceptors (Lipinski definition) is 6. The van der Waals surface area contributed by atoms with Crippen molar-refractivity contribution >= 4 is 0 Å². The van der Waals surface area contributed by atoms with Gasteiger partial charge in [-0.25, -0.2) is 4.68 Å². The summed E-state index contributed by atoms with van der Waals surface area (Å²) in [6, 6.07) is 18.2. The van der Waals surface area contributed by atoms with Crippen molar-refractivity contribution in [2.24, 2.45) is 0 Å². The molecule has 26 heavy (non-hydrogen) atoms. The number of rotatable bonds is 6. The first-order valence-electron chi connectivity index (χ1n) is 8.34. The third-order valence-electron chi connectivity index (χ3n) is 4.18. The van der Waals surface area contributed by atoms with Gasteiger partial charge in [-0.15, -0.1) is 10.2 Å². The molecule has 0 aliphatic rings. The molecule has 0 bridgehead atoms. The molecule has 4 rings (SSSR count). The molecule has 1 N–H and O–H groups in total. The number of aromatic nitrogens is 7. The van der Waals surface area contributed by atoms with Crippen LogP contribution in [0.1, 0.15) is 24.4 Å². The highest BCUT2D eigenvalue weighted by molar-refractivity contribution is 5.34. The molecule has 2 aromatic heterocycles. The van der Waals surface area contributed by atoms with Gasteiger partial charge in [0.15, 0.2) is 5.82 Å². The molecule has 0 unspecified atom stereocenters. The summed E-state index contributed by atoms with van der Waals surface area (Å²) >= 11 is 0. The Hall–Kier alpha value is -3.39. The second kappa shape index (κ2) is 7.24. The number of benzene rings is 2. The first kappa shape index (κ1) is 16.1. The van der Waals surface area contributed by atoms with Crippen molar-refractivity contribution in [3.8, 4) is 11.4 Å². The largest absolute Gasteiger partial charge is 0.303 e. The standard InChI is InChI=1S/C18H18N8/c1-14(15-7-9-16(10-8-15)25-12-11-20-23-25)19-13-18-21-22-24-26(18)17-5-3-2-4-6-17/h2-12,14,19H,13H2,1H3/t14-/m0/s1. The fourth-order valence-electron chi connectivity index (χ4n) is 2.71. The highest BCUT2D eigenvalue weighted by Crippen LogP contribution is 2.16. The second-order valence-electron chi connectivity index (χ2n) is 5.88. The molecule has 0 spiro atoms. The summed E-state index contributed by atoms with van der Waals surface area (Å²) in [6.07, 6.45) is 3.48. The minimum Gasteiger partial charge on any atom is -0.303 e. The number of tetrazole rings is 1. The molecule has 2 aromatic carbocycles. The van der Waals surface area contributed by atoms with E-state index in [0.717, 1.165) is 17.2 Å². The van der Waals surface area contributed by atoms with Crippen LogP contribution in [0.3, 0.4) is 0 Å². The Labute approximate surface area is 150 Å². The van der Waals surface area contributed by atoms with Gasteiger partial charge in [0, 0.05) is 6.04 Å². The van der Waals surface area contributed by atoms with E-state index in [0.29, 0.717) is 6.54 Å². The van der Waals surface area contributed by atoms with Crippen LogP contribution in [0.15, 0.2) is 67.0 Å². The van der Waals surface area contributed by atoms with Crippen LogP contribution in [-0.4, -0.2) is 35.2 Å². The van der Waals surface area contributed by atoms with Crippen molar-refractivity contribution in [3.05, 3.63) is 78.4 Å². The Bertz CT molecular complexity index is 945. The number of nitrogens with zero attached hydrogens (tertiary/aromatic N) is 7. The van der Waals surface area contributed by atoms with Gasteiger partial charge in [-0.1, -0.05) is 35.5 Å². The van der Waals surface area contributed by atoms with Gasteiger partial charge in [0.2, 0.25) is 0 Å². The van der Waals surface area contributed by atoms with Gasteiger partial charge in [-0.2, -0.15) is 4.68 Å². The summed E-state index contributed by atoms with van der Waals surface area (Å²) in [5.74, 6) is 0.766. The van der Waals surface area contributed by atoms with Crippen LogP contribution in [0, 0.1) is 0 Å². The number of hydrogen-bond donors (Lipinski definition) is 1. The van der Waals surface area contributed by atoms with E-state index in [4.69, 9.17) is 0 Å². The van der Waals surface area contributed by atoms with Crippen molar-refractivity contribution in [1.82, 2.24) is 40.5 Å². The fraction of sp³-hybridized carbons (Fsp3) is 0.167. The van der Waals surface area contributed by atoms with E-state index in [9.17, 15) is 0 Å². The van der Waals surface area contributed by atoms with Crippen LogP contribution in [0.4, 0.5) is 0 Å². The molecule has 1 atom stereocenters. The lowest BCUT2D eigenvalue weighted by atomic mass is 10.1. The maximum atomic E-state index is 4.13. The quantitative estimate of drug-likeness (QED) is 0.575. The van der Waals surface area contributed by atoms with Crippen molar-refractivity contribution in [2.45, 2.75) is 19.5 Å². The molecule has 8 heteroatoms. The van der Waals surface area contributed by atoms with Crippen LogP contribution < -0.4 is 5.32 Å². The van der Waals surface area contributed by atoms with Gasteiger partial charge in [-0.05, 0) is 47.2 Å². The van der Waals surface area contributed by atoms with Gasteiger partial charge in [-0.3, -0.25) is 0 Å². The van der Waals surface area contributed by atoms with Gasteiger partial charge in [0.25, 0.3) is 0 Å². The lowest BCUT2D eigenvalue weighted by molar-refractivity contribution is 0.550. The van der Waals surface area contributed by atoms with E-state index in [1.54, 1.807) is 15.6 Å². The zero-order valence-corrected chi connectivity index (χ0v) is 14.3. The van der Waals surface area contributed by atoms with E-state index in [2.05, 4.69) is 50.2 Å². The first-order valence-corrected chi connectivity index (χ1v) is 8.34. The molecular formula is C18H18N8. The van der Waals surface area contributed by atoms with E-state index < -0.39 is 0 Å². The molecule has 4 aromatic rings. The molecule has 130 valence electrons. The second-order valence-corrected chi connectivity index (χ2v) is 5.88. The molecule has 0 saturated heterocycles. The average molecular weight is 346 g/mol. The fourth-order valence-corrected chi connectivity index (χ4v) is 2.71. The zero-order chi connectivity index (χ0) is 17.8. The van der Waals surface area contributed by atoms with Crippen molar-refractivity contribution in [3.63, 3.8) is 0 Å². The molecule has 0 aliphatic heterocycles. The average Bonchev–Trinajstić information content (AvgIpc) is 3.39. The Morgan fingerprint density at radius 3 is 2.50 bits per heavy atom. The molecular weight excluding hydrogens is 328 g/mol. The van der Waals surface area contributed by atoms with Crippen LogP contribution >= 0.6 is 0 Å². The highest BCUT2D eigenvalue weighted by Gasteiger charge is 2.11. The third kappa shape index (κ3) is 3.35. The van der Waals surface area contributed by atoms with Crippen LogP contribution in [0.2, 0.25) is 0 Å². The summed E-state index contributed by atoms with van der Waals surface area (Å²) in [6.45, 7) is 2.68. The Morgan fingerprint density at radius 1 is 0.962 bits per heavy atom. The topological polar surface area (TPSA) is 86.3 Å². The Balaban J connectivity index is 1.43. The molecule has 0 aliphatic carbocycles. The molecule has 2 heterocycles. The normalized spacial score (nSPS) is 12.2. The third-order valence-corrected chi connectivity index (χ3v) is 4.18. The Morgan fingerprint density at radius 2 is 1.77 bits per heavy atom. The van der Waals surface area contributed by atoms with E-state index in [1.807, 2.05) is 48.7 Å². The molecule has 0 radical (unpaired) electrons. The van der Waals surface area contributed by atoms with Gasteiger partial charge in [0.05, 0.1) is 30.3 Å². The summed E-state index contributed by atoms with van der Waals surface area (Å²) < 4.78 is 3.48. The molecule has 0 amide bonds. The SMILES string of the molecule is C[C@H](NCc1nnnn1-c1ccccc1)c1ccc(-n2ccnn2)cc1. The van der Waals surface area contributed by atoms with E-state index in [1.165, 1.54) is 5.56 Å². The minimum absolute atomic E-state index is 0.153. The predicted molar refractivity (Wildman–Crippen MR) is 95.8 cm³/mol. The van der Waals surface area contributed by atoms with Gasteiger partial charge < -0.3 is 5.32 Å². The summed E-state index contributed by atoms with van der Waals surface area (Å²) in [4.78, 5) is 0. The van der Waals surface area contributed by atoms with Crippen LogP contribution in [0.25, 0.3) is 11.4 Å². The summed E-state index contributed by atoms with van der Waals surface area (Å²) in [5.41, 5.74) is 3.10. The lowest BCUT2D eigenvalue weighted by Crippen LogP contribution is -2.20. The molecule has 0 saturated carbocycles. The predicted octanol–water partition coefficient (Wildman–Crippen LogP) is 2.09. The van der Waals surface area contributed by atoms with Gasteiger partial charge >= 0.3 is 0 Å². The summed E-state index contributed by atoms with van der Waals surface area (Å²) in [5, 5.41) is 23.3. The lowest BCUT2D eigenvalue weighted by Gasteiger charge is -2.14. The van der Waals surface area contributed by atoms with E-state index in [-0.39, 0.29) is 6.04 Å². The Kier molecular flexibility index (Phi) is 4.48. The highest BCUT2D eigenvalue weighted by atomic mass is 15.5. The van der Waals surface area contributed by atoms with Crippen molar-refractivity contribution in [2.75, 3.05) is 0 Å². The maximum absolute atomic E-state index is 4.13.